The van der Waals surface area contributed by atoms with Gasteiger partial charge in [-0.2, -0.15) is 0 Å². The lowest BCUT2D eigenvalue weighted by Gasteiger charge is -2.14. The standard InChI is InChI=1S/C26H39NO/c1-3-4-5-6-7-8-9-10-11-12-13-14-15-16-20-23-26(28)27-24(2)25-21-18-17-19-22-25/h4-5,7-8,10-11,17-19,21-22,24H,3,6,9,12-16,20,23H2,1-2H3,(H,27,28)/b5-4-,8-7-,11-10-. The number of allylic oxidation sites excluding steroid dienone is 6. The van der Waals surface area contributed by atoms with Crippen molar-refractivity contribution in [3.05, 3.63) is 72.4 Å². The molecule has 0 radical (unpaired) electrons. The molecule has 0 fully saturated rings. The minimum absolute atomic E-state index is 0.0862. The maximum absolute atomic E-state index is 12.0. The quantitative estimate of drug-likeness (QED) is 0.248. The highest BCUT2D eigenvalue weighted by Gasteiger charge is 2.08. The number of rotatable bonds is 15. The molecule has 0 aromatic heterocycles. The Hall–Kier alpha value is -2.09. The maximum atomic E-state index is 12.0. The molecule has 0 aliphatic rings. The number of carbonyl (C=O) groups excluding carboxylic acids is 1. The first-order valence-corrected chi connectivity index (χ1v) is 11.0. The Balaban J connectivity index is 1.94. The van der Waals surface area contributed by atoms with Gasteiger partial charge in [-0.15, -0.1) is 0 Å². The van der Waals surface area contributed by atoms with Crippen molar-refractivity contribution in [3.63, 3.8) is 0 Å². The van der Waals surface area contributed by atoms with E-state index in [1.54, 1.807) is 0 Å². The molecule has 0 heterocycles. The van der Waals surface area contributed by atoms with Crippen LogP contribution in [0.3, 0.4) is 0 Å². The molecule has 154 valence electrons. The van der Waals surface area contributed by atoms with Gasteiger partial charge in [0, 0.05) is 6.42 Å². The predicted molar refractivity (Wildman–Crippen MR) is 122 cm³/mol. The molecule has 0 spiro atoms. The van der Waals surface area contributed by atoms with Crippen LogP contribution in [0.2, 0.25) is 0 Å². The van der Waals surface area contributed by atoms with Crippen LogP contribution in [0.4, 0.5) is 0 Å². The zero-order chi connectivity index (χ0) is 20.3. The van der Waals surface area contributed by atoms with E-state index in [1.165, 1.54) is 25.7 Å². The Kier molecular flexibility index (Phi) is 14.6. The summed E-state index contributed by atoms with van der Waals surface area (Å²) in [5, 5.41) is 3.09. The second-order valence-corrected chi connectivity index (χ2v) is 7.30. The number of benzene rings is 1. The van der Waals surface area contributed by atoms with Gasteiger partial charge in [0.15, 0.2) is 0 Å². The van der Waals surface area contributed by atoms with Crippen molar-refractivity contribution in [3.8, 4) is 0 Å². The molecule has 1 atom stereocenters. The molecule has 28 heavy (non-hydrogen) atoms. The predicted octanol–water partition coefficient (Wildman–Crippen LogP) is 7.45. The fourth-order valence-electron chi connectivity index (χ4n) is 3.04. The first-order valence-electron chi connectivity index (χ1n) is 11.0. The van der Waals surface area contributed by atoms with Crippen LogP contribution in [-0.2, 0) is 4.79 Å². The molecular weight excluding hydrogens is 342 g/mol. The normalized spacial score (nSPS) is 12.9. The molecule has 2 nitrogen and oxygen atoms in total. The van der Waals surface area contributed by atoms with E-state index >= 15 is 0 Å². The van der Waals surface area contributed by atoms with E-state index in [4.69, 9.17) is 0 Å². The smallest absolute Gasteiger partial charge is 0.220 e. The maximum Gasteiger partial charge on any atom is 0.220 e. The van der Waals surface area contributed by atoms with Gasteiger partial charge in [0.1, 0.15) is 0 Å². The van der Waals surface area contributed by atoms with Gasteiger partial charge in [0.2, 0.25) is 5.91 Å². The van der Waals surface area contributed by atoms with E-state index in [2.05, 4.69) is 60.8 Å². The van der Waals surface area contributed by atoms with Gasteiger partial charge in [-0.05, 0) is 51.0 Å². The van der Waals surface area contributed by atoms with Crippen LogP contribution < -0.4 is 5.32 Å². The van der Waals surface area contributed by atoms with Gasteiger partial charge < -0.3 is 5.32 Å². The molecule has 0 bridgehead atoms. The summed E-state index contributed by atoms with van der Waals surface area (Å²) in [5.74, 6) is 0.164. The summed E-state index contributed by atoms with van der Waals surface area (Å²) in [4.78, 5) is 12.0. The zero-order valence-electron chi connectivity index (χ0n) is 17.9. The Morgan fingerprint density at radius 3 is 2.18 bits per heavy atom. The summed E-state index contributed by atoms with van der Waals surface area (Å²) in [6.07, 6.45) is 24.3. The molecule has 0 aliphatic heterocycles. The SMILES string of the molecule is CC/C=C\C/C=C\C/C=C\CCCCCCCC(=O)NC(C)c1ccccc1. The Bertz CT molecular complexity index is 586. The van der Waals surface area contributed by atoms with Gasteiger partial charge in [0.25, 0.3) is 0 Å². The third-order valence-electron chi connectivity index (χ3n) is 4.73. The van der Waals surface area contributed by atoms with Gasteiger partial charge in [-0.25, -0.2) is 0 Å². The number of nitrogens with one attached hydrogen (secondary N) is 1. The van der Waals surface area contributed by atoms with E-state index in [-0.39, 0.29) is 11.9 Å². The van der Waals surface area contributed by atoms with Gasteiger partial charge in [-0.3, -0.25) is 4.79 Å². The van der Waals surface area contributed by atoms with Crippen molar-refractivity contribution in [1.29, 1.82) is 0 Å². The van der Waals surface area contributed by atoms with Crippen molar-refractivity contribution in [2.75, 3.05) is 0 Å². The number of hydrogen-bond acceptors (Lipinski definition) is 1. The number of hydrogen-bond donors (Lipinski definition) is 1. The van der Waals surface area contributed by atoms with Crippen molar-refractivity contribution in [2.45, 2.75) is 84.1 Å². The molecule has 1 unspecified atom stereocenters. The minimum atomic E-state index is 0.0862. The lowest BCUT2D eigenvalue weighted by atomic mass is 10.1. The third-order valence-corrected chi connectivity index (χ3v) is 4.73. The molecule has 1 amide bonds. The van der Waals surface area contributed by atoms with E-state index in [9.17, 15) is 4.79 Å². The monoisotopic (exact) mass is 381 g/mol. The average molecular weight is 382 g/mol. The summed E-state index contributed by atoms with van der Waals surface area (Å²) in [7, 11) is 0. The van der Waals surface area contributed by atoms with E-state index in [1.807, 2.05) is 25.1 Å². The third kappa shape index (κ3) is 13.1. The van der Waals surface area contributed by atoms with E-state index in [0.717, 1.165) is 37.7 Å². The highest BCUT2D eigenvalue weighted by atomic mass is 16.1. The fraction of sp³-hybridized carbons (Fsp3) is 0.500. The van der Waals surface area contributed by atoms with Crippen LogP contribution >= 0.6 is 0 Å². The van der Waals surface area contributed by atoms with Crippen molar-refractivity contribution in [1.82, 2.24) is 5.32 Å². The fourth-order valence-corrected chi connectivity index (χ4v) is 3.04. The van der Waals surface area contributed by atoms with E-state index in [0.29, 0.717) is 6.42 Å². The second kappa shape index (κ2) is 17.0. The Morgan fingerprint density at radius 1 is 0.857 bits per heavy atom. The molecule has 1 aromatic rings. The van der Waals surface area contributed by atoms with Gasteiger partial charge in [-0.1, -0.05) is 93.0 Å². The summed E-state index contributed by atoms with van der Waals surface area (Å²) in [6.45, 7) is 4.20. The van der Waals surface area contributed by atoms with Crippen LogP contribution in [0.25, 0.3) is 0 Å². The molecule has 1 N–H and O–H groups in total. The Morgan fingerprint density at radius 2 is 1.46 bits per heavy atom. The number of unbranched alkanes of at least 4 members (excludes halogenated alkanes) is 5. The molecule has 1 rings (SSSR count). The molecule has 0 aliphatic carbocycles. The summed E-state index contributed by atoms with van der Waals surface area (Å²) in [5.41, 5.74) is 1.16. The molecule has 0 saturated heterocycles. The molecule has 0 saturated carbocycles. The largest absolute Gasteiger partial charge is 0.350 e. The minimum Gasteiger partial charge on any atom is -0.350 e. The van der Waals surface area contributed by atoms with Crippen LogP contribution in [0.1, 0.15) is 89.7 Å². The Labute approximate surface area is 172 Å². The number of amides is 1. The average Bonchev–Trinajstić information content (AvgIpc) is 2.71. The van der Waals surface area contributed by atoms with Crippen LogP contribution in [0.15, 0.2) is 66.8 Å². The molecular formula is C26H39NO. The first-order chi connectivity index (χ1) is 13.7. The van der Waals surface area contributed by atoms with Gasteiger partial charge >= 0.3 is 0 Å². The zero-order valence-corrected chi connectivity index (χ0v) is 17.9. The van der Waals surface area contributed by atoms with Crippen LogP contribution in [-0.4, -0.2) is 5.91 Å². The van der Waals surface area contributed by atoms with E-state index < -0.39 is 0 Å². The van der Waals surface area contributed by atoms with Crippen molar-refractivity contribution >= 4 is 5.91 Å². The second-order valence-electron chi connectivity index (χ2n) is 7.30. The summed E-state index contributed by atoms with van der Waals surface area (Å²) >= 11 is 0. The topological polar surface area (TPSA) is 29.1 Å². The van der Waals surface area contributed by atoms with Gasteiger partial charge in [0.05, 0.1) is 6.04 Å². The first kappa shape index (κ1) is 23.9. The lowest BCUT2D eigenvalue weighted by Crippen LogP contribution is -2.26. The van der Waals surface area contributed by atoms with Crippen LogP contribution in [0.5, 0.6) is 0 Å². The summed E-state index contributed by atoms with van der Waals surface area (Å²) < 4.78 is 0. The summed E-state index contributed by atoms with van der Waals surface area (Å²) in [6, 6.07) is 10.2. The molecule has 2 heteroatoms. The van der Waals surface area contributed by atoms with Crippen molar-refractivity contribution < 1.29 is 4.79 Å². The highest BCUT2D eigenvalue weighted by Crippen LogP contribution is 2.12. The lowest BCUT2D eigenvalue weighted by molar-refractivity contribution is -0.121. The van der Waals surface area contributed by atoms with Crippen molar-refractivity contribution in [2.24, 2.45) is 0 Å². The van der Waals surface area contributed by atoms with Crippen LogP contribution in [0, 0.1) is 0 Å². The number of carbonyl (C=O) groups is 1. The highest BCUT2D eigenvalue weighted by molar-refractivity contribution is 5.76. The molecule has 1 aromatic carbocycles.